The lowest BCUT2D eigenvalue weighted by Crippen LogP contribution is -2.24. The van der Waals surface area contributed by atoms with E-state index in [4.69, 9.17) is 10.5 Å². The Labute approximate surface area is 117 Å². The smallest absolute Gasteiger partial charge is 0.266 e. The molecule has 20 heavy (non-hydrogen) atoms. The van der Waals surface area contributed by atoms with Gasteiger partial charge in [-0.2, -0.15) is 5.10 Å². The number of hydrogen-bond acceptors (Lipinski definition) is 4. The highest BCUT2D eigenvalue weighted by Gasteiger charge is 1.98. The molecule has 2 rings (SSSR count). The second kappa shape index (κ2) is 7.12. The molecule has 0 radical (unpaired) electrons. The standard InChI is InChI=1S/C15H15N3O2/c16-8-2-5-13-4-1-6-14(12-13)20-11-10-18-15(19)7-3-9-17-18/h1,3-4,6-7,9,12H,8,10-11,16H2. The molecule has 1 heterocycles. The average molecular weight is 269 g/mol. The van der Waals surface area contributed by atoms with Gasteiger partial charge in [0.05, 0.1) is 13.1 Å². The van der Waals surface area contributed by atoms with Crippen LogP contribution < -0.4 is 16.0 Å². The molecule has 0 amide bonds. The molecule has 0 aliphatic rings. The maximum Gasteiger partial charge on any atom is 0.266 e. The van der Waals surface area contributed by atoms with Crippen LogP contribution in [-0.4, -0.2) is 22.9 Å². The normalized spacial score (nSPS) is 9.65. The number of benzene rings is 1. The third-order valence-corrected chi connectivity index (χ3v) is 2.53. The maximum absolute atomic E-state index is 11.4. The molecule has 0 fully saturated rings. The van der Waals surface area contributed by atoms with Gasteiger partial charge in [0, 0.05) is 17.8 Å². The summed E-state index contributed by atoms with van der Waals surface area (Å²) in [5, 5.41) is 3.96. The summed E-state index contributed by atoms with van der Waals surface area (Å²) in [6.45, 7) is 1.09. The molecule has 2 N–H and O–H groups in total. The zero-order chi connectivity index (χ0) is 14.2. The van der Waals surface area contributed by atoms with Crippen molar-refractivity contribution < 1.29 is 4.74 Å². The highest BCUT2D eigenvalue weighted by atomic mass is 16.5. The molecule has 1 aromatic carbocycles. The van der Waals surface area contributed by atoms with Crippen molar-refractivity contribution in [2.75, 3.05) is 13.2 Å². The van der Waals surface area contributed by atoms with Crippen LogP contribution in [0.5, 0.6) is 5.75 Å². The summed E-state index contributed by atoms with van der Waals surface area (Å²) in [6, 6.07) is 10.5. The molecule has 0 aliphatic carbocycles. The average Bonchev–Trinajstić information content (AvgIpc) is 2.48. The number of nitrogens with two attached hydrogens (primary N) is 1. The molecule has 0 bridgehead atoms. The van der Waals surface area contributed by atoms with Crippen LogP contribution in [0.3, 0.4) is 0 Å². The van der Waals surface area contributed by atoms with Gasteiger partial charge in [-0.05, 0) is 24.3 Å². The summed E-state index contributed by atoms with van der Waals surface area (Å²) in [5.74, 6) is 6.43. The first-order chi connectivity index (χ1) is 9.79. The van der Waals surface area contributed by atoms with Crippen LogP contribution in [0.2, 0.25) is 0 Å². The van der Waals surface area contributed by atoms with Gasteiger partial charge < -0.3 is 10.5 Å². The van der Waals surface area contributed by atoms with Crippen molar-refractivity contribution in [3.05, 3.63) is 58.5 Å². The van der Waals surface area contributed by atoms with Gasteiger partial charge in [0.15, 0.2) is 0 Å². The third kappa shape index (κ3) is 3.97. The molecule has 5 heteroatoms. The van der Waals surface area contributed by atoms with Crippen LogP contribution in [-0.2, 0) is 6.54 Å². The van der Waals surface area contributed by atoms with E-state index in [1.807, 2.05) is 24.3 Å². The van der Waals surface area contributed by atoms with Gasteiger partial charge in [-0.1, -0.05) is 17.9 Å². The summed E-state index contributed by atoms with van der Waals surface area (Å²) >= 11 is 0. The second-order valence-electron chi connectivity index (χ2n) is 3.97. The van der Waals surface area contributed by atoms with E-state index in [-0.39, 0.29) is 5.56 Å². The first-order valence-electron chi connectivity index (χ1n) is 6.23. The fourth-order valence-corrected chi connectivity index (χ4v) is 1.62. The molecule has 5 nitrogen and oxygen atoms in total. The maximum atomic E-state index is 11.4. The third-order valence-electron chi connectivity index (χ3n) is 2.53. The number of nitrogens with zero attached hydrogens (tertiary/aromatic N) is 2. The van der Waals surface area contributed by atoms with Crippen molar-refractivity contribution >= 4 is 0 Å². The molecule has 0 aliphatic heterocycles. The number of hydrogen-bond donors (Lipinski definition) is 1. The minimum absolute atomic E-state index is 0.140. The Morgan fingerprint density at radius 3 is 3.00 bits per heavy atom. The van der Waals surface area contributed by atoms with Crippen LogP contribution in [0.15, 0.2) is 47.4 Å². The topological polar surface area (TPSA) is 70.1 Å². The lowest BCUT2D eigenvalue weighted by atomic mass is 10.2. The summed E-state index contributed by atoms with van der Waals surface area (Å²) in [5.41, 5.74) is 6.04. The van der Waals surface area contributed by atoms with Crippen LogP contribution >= 0.6 is 0 Å². The molecular weight excluding hydrogens is 254 g/mol. The minimum atomic E-state index is -0.140. The summed E-state index contributed by atoms with van der Waals surface area (Å²) in [4.78, 5) is 11.4. The minimum Gasteiger partial charge on any atom is -0.492 e. The number of aromatic nitrogens is 2. The molecule has 2 aromatic rings. The fraction of sp³-hybridized carbons (Fsp3) is 0.200. The number of ether oxygens (including phenoxy) is 1. The van der Waals surface area contributed by atoms with Crippen LogP contribution in [0.1, 0.15) is 5.56 Å². The summed E-state index contributed by atoms with van der Waals surface area (Å²) in [7, 11) is 0. The van der Waals surface area contributed by atoms with E-state index in [1.165, 1.54) is 10.7 Å². The van der Waals surface area contributed by atoms with E-state index < -0.39 is 0 Å². The molecule has 0 atom stereocenters. The van der Waals surface area contributed by atoms with Gasteiger partial charge in [-0.25, -0.2) is 4.68 Å². The van der Waals surface area contributed by atoms with Crippen molar-refractivity contribution in [1.82, 2.24) is 9.78 Å². The highest BCUT2D eigenvalue weighted by Crippen LogP contribution is 2.12. The van der Waals surface area contributed by atoms with E-state index in [2.05, 4.69) is 16.9 Å². The van der Waals surface area contributed by atoms with Gasteiger partial charge >= 0.3 is 0 Å². The van der Waals surface area contributed by atoms with Crippen LogP contribution in [0.4, 0.5) is 0 Å². The predicted molar refractivity (Wildman–Crippen MR) is 76.4 cm³/mol. The molecule has 102 valence electrons. The molecule has 0 spiro atoms. The fourth-order valence-electron chi connectivity index (χ4n) is 1.62. The Morgan fingerprint density at radius 1 is 1.30 bits per heavy atom. The van der Waals surface area contributed by atoms with Gasteiger partial charge in [0.2, 0.25) is 0 Å². The largest absolute Gasteiger partial charge is 0.492 e. The first-order valence-corrected chi connectivity index (χ1v) is 6.23. The Hall–Kier alpha value is -2.58. The SMILES string of the molecule is NCC#Cc1cccc(OCCn2ncccc2=O)c1. The molecular formula is C15H15N3O2. The Bertz CT molecular complexity index is 683. The molecule has 0 unspecified atom stereocenters. The second-order valence-corrected chi connectivity index (χ2v) is 3.97. The lowest BCUT2D eigenvalue weighted by Gasteiger charge is -2.07. The Balaban J connectivity index is 1.94. The zero-order valence-electron chi connectivity index (χ0n) is 11.0. The van der Waals surface area contributed by atoms with E-state index in [9.17, 15) is 4.79 Å². The summed E-state index contributed by atoms with van der Waals surface area (Å²) in [6.07, 6.45) is 1.57. The van der Waals surface area contributed by atoms with Gasteiger partial charge in [0.1, 0.15) is 12.4 Å². The molecule has 0 saturated carbocycles. The van der Waals surface area contributed by atoms with Gasteiger partial charge in [0.25, 0.3) is 5.56 Å². The zero-order valence-corrected chi connectivity index (χ0v) is 11.0. The van der Waals surface area contributed by atoms with Crippen molar-refractivity contribution in [2.45, 2.75) is 6.54 Å². The van der Waals surface area contributed by atoms with Crippen molar-refractivity contribution in [2.24, 2.45) is 5.73 Å². The van der Waals surface area contributed by atoms with Crippen molar-refractivity contribution in [3.8, 4) is 17.6 Å². The van der Waals surface area contributed by atoms with Gasteiger partial charge in [-0.3, -0.25) is 4.79 Å². The Kier molecular flexibility index (Phi) is 4.93. The van der Waals surface area contributed by atoms with Gasteiger partial charge in [-0.15, -0.1) is 0 Å². The van der Waals surface area contributed by atoms with Crippen molar-refractivity contribution in [3.63, 3.8) is 0 Å². The lowest BCUT2D eigenvalue weighted by molar-refractivity contribution is 0.287. The van der Waals surface area contributed by atoms with E-state index in [1.54, 1.807) is 12.3 Å². The van der Waals surface area contributed by atoms with E-state index in [0.29, 0.717) is 25.4 Å². The van der Waals surface area contributed by atoms with E-state index >= 15 is 0 Å². The number of rotatable bonds is 4. The predicted octanol–water partition coefficient (Wildman–Crippen LogP) is 0.632. The quantitative estimate of drug-likeness (QED) is 0.827. The molecule has 0 saturated heterocycles. The van der Waals surface area contributed by atoms with Crippen LogP contribution in [0.25, 0.3) is 0 Å². The van der Waals surface area contributed by atoms with Crippen molar-refractivity contribution in [1.29, 1.82) is 0 Å². The Morgan fingerprint density at radius 2 is 2.20 bits per heavy atom. The van der Waals surface area contributed by atoms with Crippen LogP contribution in [0, 0.1) is 11.8 Å². The first kappa shape index (κ1) is 13.8. The summed E-state index contributed by atoms with van der Waals surface area (Å²) < 4.78 is 6.95. The highest BCUT2D eigenvalue weighted by molar-refractivity contribution is 5.39. The van der Waals surface area contributed by atoms with E-state index in [0.717, 1.165) is 5.56 Å². The monoisotopic (exact) mass is 269 g/mol. The molecule has 1 aromatic heterocycles.